The Labute approximate surface area is 247 Å². The van der Waals surface area contributed by atoms with E-state index in [1.165, 1.54) is 0 Å². The molecule has 0 spiro atoms. The van der Waals surface area contributed by atoms with Gasteiger partial charge in [-0.3, -0.25) is 9.88 Å². The molecule has 1 heterocycles. The summed E-state index contributed by atoms with van der Waals surface area (Å²) < 4.78 is 43.2. The van der Waals surface area contributed by atoms with Crippen LogP contribution in [-0.4, -0.2) is 90.2 Å². The largest absolute Gasteiger partial charge is 0.497 e. The molecule has 42 heavy (non-hydrogen) atoms. The summed E-state index contributed by atoms with van der Waals surface area (Å²) in [4.78, 5) is 18.8. The number of hydrogen-bond acceptors (Lipinski definition) is 10. The quantitative estimate of drug-likeness (QED) is 0.178. The van der Waals surface area contributed by atoms with Crippen molar-refractivity contribution in [3.8, 4) is 23.0 Å². The standard InChI is InChI=1S/C31H40N2O9/c1-35-12-13-38-14-17-40-29-20-30(22-32-21-29)41-18-15-39-16-19-42-31(34)33(23-25-4-8-27(36-2)9-5-25)24-26-6-10-28(37-3)11-7-26/h4-11,20-22H,12-19,23-24H2,1-3H3. The second-order valence-electron chi connectivity index (χ2n) is 8.94. The normalized spacial score (nSPS) is 10.6. The van der Waals surface area contributed by atoms with Crippen LogP contribution in [0.25, 0.3) is 0 Å². The SMILES string of the molecule is COCCOCCOc1cncc(OCCOCCOC(=O)N(Cc2ccc(OC)cc2)Cc2ccc(OC)cc2)c1. The van der Waals surface area contributed by atoms with E-state index in [2.05, 4.69) is 4.98 Å². The van der Waals surface area contributed by atoms with Gasteiger partial charge in [0, 0.05) is 26.3 Å². The molecule has 0 radical (unpaired) electrons. The van der Waals surface area contributed by atoms with Crippen LogP contribution in [0.1, 0.15) is 11.1 Å². The number of amides is 1. The van der Waals surface area contributed by atoms with Gasteiger partial charge in [0.2, 0.25) is 0 Å². The number of hydrogen-bond donors (Lipinski definition) is 0. The summed E-state index contributed by atoms with van der Waals surface area (Å²) in [5, 5.41) is 0. The Bertz CT molecular complexity index is 1110. The number of methoxy groups -OCH3 is 3. The zero-order valence-electron chi connectivity index (χ0n) is 24.5. The molecule has 0 saturated carbocycles. The second kappa shape index (κ2) is 19.1. The Hall–Kier alpha value is -4.06. The van der Waals surface area contributed by atoms with E-state index in [0.29, 0.717) is 64.2 Å². The highest BCUT2D eigenvalue weighted by Gasteiger charge is 2.16. The summed E-state index contributed by atoms with van der Waals surface area (Å²) in [6, 6.07) is 16.9. The van der Waals surface area contributed by atoms with Crippen molar-refractivity contribution in [1.29, 1.82) is 0 Å². The number of carbonyl (C=O) groups is 1. The maximum Gasteiger partial charge on any atom is 0.410 e. The van der Waals surface area contributed by atoms with Gasteiger partial charge in [-0.05, 0) is 35.4 Å². The van der Waals surface area contributed by atoms with Crippen LogP contribution in [0.5, 0.6) is 23.0 Å². The minimum Gasteiger partial charge on any atom is -0.497 e. The topological polar surface area (TPSA) is 107 Å². The van der Waals surface area contributed by atoms with Crippen LogP contribution in [0, 0.1) is 0 Å². The lowest BCUT2D eigenvalue weighted by Gasteiger charge is -2.23. The zero-order valence-corrected chi connectivity index (χ0v) is 24.5. The molecule has 1 aromatic heterocycles. The van der Waals surface area contributed by atoms with E-state index in [0.717, 1.165) is 22.6 Å². The van der Waals surface area contributed by atoms with E-state index < -0.39 is 6.09 Å². The van der Waals surface area contributed by atoms with E-state index in [1.54, 1.807) is 44.7 Å². The molecule has 11 heteroatoms. The van der Waals surface area contributed by atoms with Gasteiger partial charge in [0.15, 0.2) is 0 Å². The Morgan fingerprint density at radius 2 is 1.10 bits per heavy atom. The summed E-state index contributed by atoms with van der Waals surface area (Å²) in [6.45, 7) is 3.63. The molecule has 0 bridgehead atoms. The molecular weight excluding hydrogens is 544 g/mol. The summed E-state index contributed by atoms with van der Waals surface area (Å²) in [6.07, 6.45) is 2.78. The van der Waals surface area contributed by atoms with E-state index in [1.807, 2.05) is 48.5 Å². The number of aromatic nitrogens is 1. The molecule has 0 atom stereocenters. The number of pyridine rings is 1. The fraction of sp³-hybridized carbons (Fsp3) is 0.419. The highest BCUT2D eigenvalue weighted by atomic mass is 16.6. The average Bonchev–Trinajstić information content (AvgIpc) is 3.02. The Morgan fingerprint density at radius 1 is 0.619 bits per heavy atom. The number of ether oxygens (including phenoxy) is 8. The van der Waals surface area contributed by atoms with Crippen molar-refractivity contribution in [3.05, 3.63) is 78.1 Å². The first-order valence-corrected chi connectivity index (χ1v) is 13.6. The summed E-state index contributed by atoms with van der Waals surface area (Å²) in [5.74, 6) is 2.65. The van der Waals surface area contributed by atoms with Crippen molar-refractivity contribution in [2.45, 2.75) is 13.1 Å². The average molecular weight is 585 g/mol. The van der Waals surface area contributed by atoms with Gasteiger partial charge in [0.05, 0.1) is 59.6 Å². The molecule has 0 aliphatic rings. The molecule has 0 unspecified atom stereocenters. The van der Waals surface area contributed by atoms with Gasteiger partial charge in [-0.1, -0.05) is 24.3 Å². The zero-order chi connectivity index (χ0) is 29.8. The maximum absolute atomic E-state index is 13.0. The van der Waals surface area contributed by atoms with Crippen LogP contribution < -0.4 is 18.9 Å². The molecule has 0 saturated heterocycles. The van der Waals surface area contributed by atoms with Gasteiger partial charge in [0.25, 0.3) is 0 Å². The third-order valence-electron chi connectivity index (χ3n) is 5.89. The smallest absolute Gasteiger partial charge is 0.410 e. The third kappa shape index (κ3) is 12.2. The second-order valence-corrected chi connectivity index (χ2v) is 8.94. The van der Waals surface area contributed by atoms with Crippen LogP contribution in [0.3, 0.4) is 0 Å². The highest BCUT2D eigenvalue weighted by Crippen LogP contribution is 2.19. The fourth-order valence-electron chi connectivity index (χ4n) is 3.71. The van der Waals surface area contributed by atoms with Crippen LogP contribution in [0.4, 0.5) is 4.79 Å². The minimum absolute atomic E-state index is 0.109. The van der Waals surface area contributed by atoms with Crippen LogP contribution in [-0.2, 0) is 32.0 Å². The molecule has 2 aromatic carbocycles. The van der Waals surface area contributed by atoms with Crippen LogP contribution in [0.2, 0.25) is 0 Å². The van der Waals surface area contributed by atoms with E-state index >= 15 is 0 Å². The molecule has 3 aromatic rings. The summed E-state index contributed by atoms with van der Waals surface area (Å²) in [7, 11) is 4.86. The number of nitrogens with zero attached hydrogens (tertiary/aromatic N) is 2. The molecular formula is C31H40N2O9. The number of benzene rings is 2. The predicted octanol–water partition coefficient (Wildman–Crippen LogP) is 4.38. The van der Waals surface area contributed by atoms with Gasteiger partial charge in [-0.15, -0.1) is 0 Å². The van der Waals surface area contributed by atoms with Crippen molar-refractivity contribution in [1.82, 2.24) is 9.88 Å². The van der Waals surface area contributed by atoms with Gasteiger partial charge in [-0.25, -0.2) is 4.79 Å². The van der Waals surface area contributed by atoms with Crippen molar-refractivity contribution in [2.24, 2.45) is 0 Å². The molecule has 0 aliphatic heterocycles. The highest BCUT2D eigenvalue weighted by molar-refractivity contribution is 5.67. The predicted molar refractivity (Wildman–Crippen MR) is 155 cm³/mol. The first-order valence-electron chi connectivity index (χ1n) is 13.6. The number of rotatable bonds is 20. The van der Waals surface area contributed by atoms with Crippen molar-refractivity contribution in [2.75, 3.05) is 74.2 Å². The van der Waals surface area contributed by atoms with E-state index in [-0.39, 0.29) is 13.2 Å². The van der Waals surface area contributed by atoms with Gasteiger partial charge in [0.1, 0.15) is 42.8 Å². The molecule has 0 aliphatic carbocycles. The Kier molecular flexibility index (Phi) is 14.8. The Morgan fingerprint density at radius 3 is 1.57 bits per heavy atom. The van der Waals surface area contributed by atoms with E-state index in [4.69, 9.17) is 37.9 Å². The lowest BCUT2D eigenvalue weighted by molar-refractivity contribution is 0.0425. The fourth-order valence-corrected chi connectivity index (χ4v) is 3.71. The maximum atomic E-state index is 13.0. The van der Waals surface area contributed by atoms with Crippen molar-refractivity contribution in [3.63, 3.8) is 0 Å². The van der Waals surface area contributed by atoms with Crippen LogP contribution in [0.15, 0.2) is 67.0 Å². The van der Waals surface area contributed by atoms with Gasteiger partial charge >= 0.3 is 6.09 Å². The minimum atomic E-state index is -0.437. The van der Waals surface area contributed by atoms with Crippen LogP contribution >= 0.6 is 0 Å². The first kappa shape index (κ1) is 32.5. The molecule has 0 fully saturated rings. The molecule has 3 rings (SSSR count). The monoisotopic (exact) mass is 584 g/mol. The summed E-state index contributed by atoms with van der Waals surface area (Å²) in [5.41, 5.74) is 1.91. The van der Waals surface area contributed by atoms with Crippen molar-refractivity contribution >= 4 is 6.09 Å². The van der Waals surface area contributed by atoms with Crippen molar-refractivity contribution < 1.29 is 42.7 Å². The Balaban J connectivity index is 1.38. The molecule has 11 nitrogen and oxygen atoms in total. The molecule has 228 valence electrons. The van der Waals surface area contributed by atoms with Gasteiger partial charge < -0.3 is 37.9 Å². The summed E-state index contributed by atoms with van der Waals surface area (Å²) >= 11 is 0. The number of carbonyl (C=O) groups excluding carboxylic acids is 1. The molecule has 1 amide bonds. The third-order valence-corrected chi connectivity index (χ3v) is 5.89. The van der Waals surface area contributed by atoms with Gasteiger partial charge in [-0.2, -0.15) is 0 Å². The first-order chi connectivity index (χ1) is 20.6. The molecule has 0 N–H and O–H groups in total. The van der Waals surface area contributed by atoms with E-state index in [9.17, 15) is 4.79 Å². The lowest BCUT2D eigenvalue weighted by atomic mass is 10.1. The lowest BCUT2D eigenvalue weighted by Crippen LogP contribution is -2.31.